The summed E-state index contributed by atoms with van der Waals surface area (Å²) in [7, 11) is 0. The van der Waals surface area contributed by atoms with Gasteiger partial charge in [0.15, 0.2) is 0 Å². The van der Waals surface area contributed by atoms with Crippen LogP contribution in [-0.2, 0) is 6.42 Å². The van der Waals surface area contributed by atoms with Crippen molar-refractivity contribution in [3.8, 4) is 0 Å². The Labute approximate surface area is 115 Å². The first-order valence-electron chi connectivity index (χ1n) is 7.06. The number of hydrogen-bond acceptors (Lipinski definition) is 2. The maximum atomic E-state index is 12.4. The smallest absolute Gasteiger partial charge is 0.253 e. The van der Waals surface area contributed by atoms with Gasteiger partial charge in [-0.3, -0.25) is 4.79 Å². The molecule has 104 valence electrons. The maximum Gasteiger partial charge on any atom is 0.253 e. The first kappa shape index (κ1) is 13.9. The molecule has 1 heterocycles. The molecule has 1 aromatic carbocycles. The molecule has 0 bridgehead atoms. The molecule has 3 heteroatoms. The molecule has 0 saturated carbocycles. The number of hydrogen-bond donors (Lipinski definition) is 2. The highest BCUT2D eigenvalue weighted by Crippen LogP contribution is 2.26. The zero-order chi connectivity index (χ0) is 14.0. The van der Waals surface area contributed by atoms with Crippen molar-refractivity contribution in [2.24, 2.45) is 5.41 Å². The number of amides is 1. The van der Waals surface area contributed by atoms with E-state index < -0.39 is 0 Å². The molecule has 0 aliphatic carbocycles. The predicted octanol–water partition coefficient (Wildman–Crippen LogP) is 3.21. The summed E-state index contributed by atoms with van der Waals surface area (Å²) in [4.78, 5) is 12.4. The average molecular weight is 260 g/mol. The summed E-state index contributed by atoms with van der Waals surface area (Å²) >= 11 is 0. The van der Waals surface area contributed by atoms with Gasteiger partial charge in [-0.25, -0.2) is 0 Å². The SMILES string of the molecule is CC(NC(=O)c1cccc2c1NCCC2)C(C)(C)C. The zero-order valence-corrected chi connectivity index (χ0v) is 12.3. The average Bonchev–Trinajstić information content (AvgIpc) is 2.36. The van der Waals surface area contributed by atoms with Crippen molar-refractivity contribution in [3.05, 3.63) is 29.3 Å². The number of para-hydroxylation sites is 1. The zero-order valence-electron chi connectivity index (χ0n) is 12.3. The third-order valence-electron chi connectivity index (χ3n) is 3.97. The quantitative estimate of drug-likeness (QED) is 0.857. The Bertz CT molecular complexity index is 474. The molecule has 1 atom stereocenters. The molecule has 0 saturated heterocycles. The highest BCUT2D eigenvalue weighted by Gasteiger charge is 2.24. The lowest BCUT2D eigenvalue weighted by atomic mass is 9.88. The van der Waals surface area contributed by atoms with Crippen molar-refractivity contribution in [2.45, 2.75) is 46.6 Å². The van der Waals surface area contributed by atoms with Gasteiger partial charge in [-0.2, -0.15) is 0 Å². The second kappa shape index (κ2) is 5.24. The Morgan fingerprint density at radius 3 is 2.79 bits per heavy atom. The second-order valence-corrected chi connectivity index (χ2v) is 6.43. The number of carbonyl (C=O) groups excluding carboxylic acids is 1. The fourth-order valence-corrected chi connectivity index (χ4v) is 2.19. The van der Waals surface area contributed by atoms with Crippen molar-refractivity contribution in [1.29, 1.82) is 0 Å². The third-order valence-corrected chi connectivity index (χ3v) is 3.97. The molecular weight excluding hydrogens is 236 g/mol. The standard InChI is InChI=1S/C16H24N2O/c1-11(16(2,3)4)18-15(19)13-9-5-7-12-8-6-10-17-14(12)13/h5,7,9,11,17H,6,8,10H2,1-4H3,(H,18,19). The lowest BCUT2D eigenvalue weighted by molar-refractivity contribution is 0.0911. The minimum atomic E-state index is 0.0219. The molecule has 0 radical (unpaired) electrons. The topological polar surface area (TPSA) is 41.1 Å². The van der Waals surface area contributed by atoms with Crippen LogP contribution in [0.5, 0.6) is 0 Å². The summed E-state index contributed by atoms with van der Waals surface area (Å²) in [6, 6.07) is 6.12. The molecule has 0 spiro atoms. The van der Waals surface area contributed by atoms with Crippen LogP contribution in [0.2, 0.25) is 0 Å². The van der Waals surface area contributed by atoms with E-state index in [0.717, 1.165) is 30.6 Å². The van der Waals surface area contributed by atoms with Crippen molar-refractivity contribution in [1.82, 2.24) is 5.32 Å². The predicted molar refractivity (Wildman–Crippen MR) is 79.6 cm³/mol. The summed E-state index contributed by atoms with van der Waals surface area (Å²) in [6.07, 6.45) is 2.19. The van der Waals surface area contributed by atoms with E-state index in [4.69, 9.17) is 0 Å². The van der Waals surface area contributed by atoms with E-state index in [1.54, 1.807) is 0 Å². The number of carbonyl (C=O) groups is 1. The molecule has 3 nitrogen and oxygen atoms in total. The molecular formula is C16H24N2O. The van der Waals surface area contributed by atoms with Gasteiger partial charge in [-0.15, -0.1) is 0 Å². The van der Waals surface area contributed by atoms with E-state index in [1.165, 1.54) is 5.56 Å². The van der Waals surface area contributed by atoms with Gasteiger partial charge in [0.2, 0.25) is 0 Å². The number of aryl methyl sites for hydroxylation is 1. The molecule has 2 N–H and O–H groups in total. The molecule has 2 rings (SSSR count). The first-order valence-corrected chi connectivity index (χ1v) is 7.06. The van der Waals surface area contributed by atoms with E-state index >= 15 is 0 Å². The fraction of sp³-hybridized carbons (Fsp3) is 0.562. The molecule has 1 aromatic rings. The van der Waals surface area contributed by atoms with Gasteiger partial charge in [-0.05, 0) is 36.8 Å². The minimum Gasteiger partial charge on any atom is -0.384 e. The summed E-state index contributed by atoms with van der Waals surface area (Å²) < 4.78 is 0. The Hall–Kier alpha value is -1.51. The number of benzene rings is 1. The van der Waals surface area contributed by atoms with Crippen LogP contribution < -0.4 is 10.6 Å². The number of fused-ring (bicyclic) bond motifs is 1. The summed E-state index contributed by atoms with van der Waals surface area (Å²) in [5.41, 5.74) is 3.11. The Balaban J connectivity index is 2.20. The van der Waals surface area contributed by atoms with Crippen LogP contribution in [0.3, 0.4) is 0 Å². The third kappa shape index (κ3) is 3.09. The van der Waals surface area contributed by atoms with E-state index in [-0.39, 0.29) is 17.4 Å². The highest BCUT2D eigenvalue weighted by molar-refractivity contribution is 6.00. The van der Waals surface area contributed by atoms with Gasteiger partial charge in [0.05, 0.1) is 11.3 Å². The van der Waals surface area contributed by atoms with Gasteiger partial charge < -0.3 is 10.6 Å². The number of nitrogens with one attached hydrogen (secondary N) is 2. The molecule has 1 amide bonds. The lowest BCUT2D eigenvalue weighted by Gasteiger charge is -2.29. The maximum absolute atomic E-state index is 12.4. The fourth-order valence-electron chi connectivity index (χ4n) is 2.19. The molecule has 0 aromatic heterocycles. The van der Waals surface area contributed by atoms with Gasteiger partial charge in [0.25, 0.3) is 5.91 Å². The van der Waals surface area contributed by atoms with Crippen LogP contribution in [0.4, 0.5) is 5.69 Å². The van der Waals surface area contributed by atoms with Crippen molar-refractivity contribution in [3.63, 3.8) is 0 Å². The van der Waals surface area contributed by atoms with Crippen molar-refractivity contribution < 1.29 is 4.79 Å². The Kier molecular flexibility index (Phi) is 3.83. The van der Waals surface area contributed by atoms with E-state index in [9.17, 15) is 4.79 Å². The summed E-state index contributed by atoms with van der Waals surface area (Å²) in [5, 5.41) is 6.47. The van der Waals surface area contributed by atoms with E-state index in [1.807, 2.05) is 12.1 Å². The molecule has 1 aliphatic rings. The van der Waals surface area contributed by atoms with Crippen LogP contribution in [0, 0.1) is 5.41 Å². The normalized spacial score (nSPS) is 16.2. The molecule has 1 aliphatic heterocycles. The van der Waals surface area contributed by atoms with E-state index in [2.05, 4.69) is 44.4 Å². The summed E-state index contributed by atoms with van der Waals surface area (Å²) in [5.74, 6) is 0.0219. The van der Waals surface area contributed by atoms with Crippen LogP contribution in [0.15, 0.2) is 18.2 Å². The number of rotatable bonds is 2. The lowest BCUT2D eigenvalue weighted by Crippen LogP contribution is -2.41. The highest BCUT2D eigenvalue weighted by atomic mass is 16.1. The second-order valence-electron chi connectivity index (χ2n) is 6.43. The first-order chi connectivity index (χ1) is 8.89. The Morgan fingerprint density at radius 2 is 2.11 bits per heavy atom. The van der Waals surface area contributed by atoms with Crippen LogP contribution in [0.25, 0.3) is 0 Å². The minimum absolute atomic E-state index is 0.0219. The van der Waals surface area contributed by atoms with Crippen LogP contribution in [0.1, 0.15) is 50.0 Å². The Morgan fingerprint density at radius 1 is 1.37 bits per heavy atom. The van der Waals surface area contributed by atoms with Crippen molar-refractivity contribution in [2.75, 3.05) is 11.9 Å². The van der Waals surface area contributed by atoms with Crippen molar-refractivity contribution >= 4 is 11.6 Å². The summed E-state index contributed by atoms with van der Waals surface area (Å²) in [6.45, 7) is 9.41. The molecule has 0 fully saturated rings. The van der Waals surface area contributed by atoms with Crippen LogP contribution in [-0.4, -0.2) is 18.5 Å². The van der Waals surface area contributed by atoms with Crippen LogP contribution >= 0.6 is 0 Å². The van der Waals surface area contributed by atoms with Gasteiger partial charge >= 0.3 is 0 Å². The number of anilines is 1. The largest absolute Gasteiger partial charge is 0.384 e. The van der Waals surface area contributed by atoms with Gasteiger partial charge in [0.1, 0.15) is 0 Å². The van der Waals surface area contributed by atoms with E-state index in [0.29, 0.717) is 0 Å². The monoisotopic (exact) mass is 260 g/mol. The van der Waals surface area contributed by atoms with Gasteiger partial charge in [0, 0.05) is 12.6 Å². The molecule has 1 unspecified atom stereocenters. The van der Waals surface area contributed by atoms with Gasteiger partial charge in [-0.1, -0.05) is 32.9 Å². The molecule has 19 heavy (non-hydrogen) atoms.